The Morgan fingerprint density at radius 2 is 1.72 bits per heavy atom. The first-order valence-electron chi connectivity index (χ1n) is 13.0. The quantitative estimate of drug-likeness (QED) is 0.231. The number of benzene rings is 2. The van der Waals surface area contributed by atoms with Gasteiger partial charge in [0.05, 0.1) is 52.5 Å². The number of nitrogens with zero attached hydrogens (tertiary/aromatic N) is 4. The van der Waals surface area contributed by atoms with Gasteiger partial charge in [-0.15, -0.1) is 0 Å². The fourth-order valence-electron chi connectivity index (χ4n) is 5.30. The molecule has 0 radical (unpaired) electrons. The van der Waals surface area contributed by atoms with Crippen molar-refractivity contribution in [2.45, 2.75) is 51.4 Å². The van der Waals surface area contributed by atoms with Crippen LogP contribution in [-0.2, 0) is 17.5 Å². The standard InChI is InChI=1S/C29H24ClF5N4O4/c1-15-6-18(11-36)25(23(30)7-15)24(40)14-38(13-16-8-19(31)10-20(32)9-16)27(41)22-12-37-39(26(22)29(33,34)35)21-4-2-17(3-5-21)28(42)43/h6-10,12,17,21H,2-5,13-14H2,1H3,(H,42,43). The van der Waals surface area contributed by atoms with E-state index in [0.717, 1.165) is 12.1 Å². The molecule has 0 unspecified atom stereocenters. The molecule has 14 heteroatoms. The Hall–Kier alpha value is -4.31. The van der Waals surface area contributed by atoms with Crippen LogP contribution in [0.3, 0.4) is 0 Å². The van der Waals surface area contributed by atoms with E-state index in [1.807, 2.05) is 6.07 Å². The van der Waals surface area contributed by atoms with Crippen molar-refractivity contribution in [1.29, 1.82) is 5.26 Å². The molecule has 2 aromatic carbocycles. The largest absolute Gasteiger partial charge is 0.481 e. The topological polar surface area (TPSA) is 116 Å². The Morgan fingerprint density at radius 1 is 1.09 bits per heavy atom. The number of halogens is 6. The Bertz CT molecular complexity index is 1600. The molecule has 1 aliphatic carbocycles. The highest BCUT2D eigenvalue weighted by molar-refractivity contribution is 6.34. The lowest BCUT2D eigenvalue weighted by atomic mass is 9.86. The van der Waals surface area contributed by atoms with E-state index in [-0.39, 0.29) is 47.4 Å². The van der Waals surface area contributed by atoms with Crippen molar-refractivity contribution in [3.05, 3.63) is 86.7 Å². The first-order chi connectivity index (χ1) is 20.2. The summed E-state index contributed by atoms with van der Waals surface area (Å²) in [6.45, 7) is 0.0667. The van der Waals surface area contributed by atoms with Crippen LogP contribution in [-0.4, -0.2) is 44.0 Å². The van der Waals surface area contributed by atoms with Gasteiger partial charge in [0.25, 0.3) is 5.91 Å². The average molecular weight is 623 g/mol. The zero-order valence-corrected chi connectivity index (χ0v) is 23.3. The highest BCUT2D eigenvalue weighted by Gasteiger charge is 2.43. The Labute approximate surface area is 247 Å². The zero-order valence-electron chi connectivity index (χ0n) is 22.6. The Kier molecular flexibility index (Phi) is 9.20. The van der Waals surface area contributed by atoms with Gasteiger partial charge in [-0.3, -0.25) is 19.1 Å². The van der Waals surface area contributed by atoms with Gasteiger partial charge in [-0.05, 0) is 68.0 Å². The molecule has 0 saturated heterocycles. The molecule has 3 aromatic rings. The van der Waals surface area contributed by atoms with Crippen molar-refractivity contribution >= 4 is 29.3 Å². The van der Waals surface area contributed by atoms with Crippen molar-refractivity contribution in [2.75, 3.05) is 6.54 Å². The van der Waals surface area contributed by atoms with Gasteiger partial charge in [0, 0.05) is 12.6 Å². The summed E-state index contributed by atoms with van der Waals surface area (Å²) in [4.78, 5) is 39.1. The lowest BCUT2D eigenvalue weighted by Gasteiger charge is -2.28. The van der Waals surface area contributed by atoms with Crippen molar-refractivity contribution in [3.63, 3.8) is 0 Å². The third-order valence-electron chi connectivity index (χ3n) is 7.24. The number of hydrogen-bond donors (Lipinski definition) is 1. The maximum Gasteiger partial charge on any atom is 0.433 e. The van der Waals surface area contributed by atoms with E-state index in [9.17, 15) is 46.7 Å². The van der Waals surface area contributed by atoms with E-state index >= 15 is 0 Å². The number of aliphatic carboxylic acids is 1. The van der Waals surface area contributed by atoms with E-state index in [1.54, 1.807) is 6.92 Å². The monoisotopic (exact) mass is 622 g/mol. The number of alkyl halides is 3. The number of aryl methyl sites for hydroxylation is 1. The van der Waals surface area contributed by atoms with E-state index in [0.29, 0.717) is 27.4 Å². The molecule has 4 rings (SSSR count). The molecule has 1 heterocycles. The highest BCUT2D eigenvalue weighted by atomic mass is 35.5. The third-order valence-corrected chi connectivity index (χ3v) is 7.54. The van der Waals surface area contributed by atoms with Crippen LogP contribution < -0.4 is 0 Å². The van der Waals surface area contributed by atoms with Crippen molar-refractivity contribution in [1.82, 2.24) is 14.7 Å². The summed E-state index contributed by atoms with van der Waals surface area (Å²) in [6.07, 6.45) is -4.00. The van der Waals surface area contributed by atoms with Gasteiger partial charge >= 0.3 is 12.1 Å². The van der Waals surface area contributed by atoms with Gasteiger partial charge in [0.1, 0.15) is 11.6 Å². The molecule has 1 amide bonds. The molecule has 0 spiro atoms. The molecule has 8 nitrogen and oxygen atoms in total. The number of carbonyl (C=O) groups excluding carboxylic acids is 2. The van der Waals surface area contributed by atoms with Crippen LogP contribution in [0.1, 0.15) is 74.8 Å². The Balaban J connectivity index is 1.75. The minimum absolute atomic E-state index is 0.0724. The summed E-state index contributed by atoms with van der Waals surface area (Å²) in [7, 11) is 0. The number of carboxylic acid groups (broad SMARTS) is 1. The number of carbonyl (C=O) groups is 3. The molecule has 0 aliphatic heterocycles. The van der Waals surface area contributed by atoms with Gasteiger partial charge in [-0.1, -0.05) is 11.6 Å². The van der Waals surface area contributed by atoms with Crippen molar-refractivity contribution < 1.29 is 41.4 Å². The molecule has 1 fully saturated rings. The number of nitriles is 1. The maximum atomic E-state index is 14.4. The van der Waals surface area contributed by atoms with Crippen LogP contribution >= 0.6 is 11.6 Å². The summed E-state index contributed by atoms with van der Waals surface area (Å²) in [5.41, 5.74) is -2.29. The molecule has 0 bridgehead atoms. The summed E-state index contributed by atoms with van der Waals surface area (Å²) in [5, 5.41) is 22.5. The highest BCUT2D eigenvalue weighted by Crippen LogP contribution is 2.39. The second-order valence-corrected chi connectivity index (χ2v) is 10.7. The molecule has 0 atom stereocenters. The second-order valence-electron chi connectivity index (χ2n) is 10.3. The predicted molar refractivity (Wildman–Crippen MR) is 142 cm³/mol. The first kappa shape index (κ1) is 31.6. The fourth-order valence-corrected chi connectivity index (χ4v) is 5.68. The number of amides is 1. The van der Waals surface area contributed by atoms with Gasteiger partial charge in [-0.2, -0.15) is 23.5 Å². The van der Waals surface area contributed by atoms with Crippen LogP contribution in [0.15, 0.2) is 36.5 Å². The number of Topliss-reactive ketones (excluding diaryl/α,β-unsaturated/α-hetero) is 1. The summed E-state index contributed by atoms with van der Waals surface area (Å²) in [5.74, 6) is -5.97. The fraction of sp³-hybridized carbons (Fsp3) is 0.345. The normalized spacial score (nSPS) is 16.9. The molecule has 1 aromatic heterocycles. The lowest BCUT2D eigenvalue weighted by molar-refractivity contribution is -0.147. The van der Waals surface area contributed by atoms with Crippen molar-refractivity contribution in [2.24, 2.45) is 5.92 Å². The number of ketones is 1. The predicted octanol–water partition coefficient (Wildman–Crippen LogP) is 6.35. The smallest absolute Gasteiger partial charge is 0.433 e. The number of hydrogen-bond acceptors (Lipinski definition) is 5. The molecular formula is C29H24ClF5N4O4. The van der Waals surface area contributed by atoms with Crippen LogP contribution in [0.5, 0.6) is 0 Å². The van der Waals surface area contributed by atoms with Crippen LogP contribution in [0, 0.1) is 35.8 Å². The van der Waals surface area contributed by atoms with E-state index < -0.39 is 71.8 Å². The summed E-state index contributed by atoms with van der Waals surface area (Å²) < 4.78 is 71.9. The van der Waals surface area contributed by atoms with E-state index in [2.05, 4.69) is 5.10 Å². The molecular weight excluding hydrogens is 599 g/mol. The van der Waals surface area contributed by atoms with Crippen molar-refractivity contribution in [3.8, 4) is 6.07 Å². The summed E-state index contributed by atoms with van der Waals surface area (Å²) >= 11 is 6.22. The van der Waals surface area contributed by atoms with Crippen LogP contribution in [0.4, 0.5) is 22.0 Å². The first-order valence-corrected chi connectivity index (χ1v) is 13.4. The maximum absolute atomic E-state index is 14.4. The van der Waals surface area contributed by atoms with Gasteiger partial charge in [-0.25, -0.2) is 8.78 Å². The van der Waals surface area contributed by atoms with E-state index in [4.69, 9.17) is 11.6 Å². The molecule has 1 N–H and O–H groups in total. The minimum Gasteiger partial charge on any atom is -0.481 e. The number of aromatic nitrogens is 2. The minimum atomic E-state index is -5.08. The molecule has 1 saturated carbocycles. The number of carboxylic acids is 1. The van der Waals surface area contributed by atoms with Gasteiger partial charge < -0.3 is 10.0 Å². The molecule has 1 aliphatic rings. The van der Waals surface area contributed by atoms with Crippen LogP contribution in [0.2, 0.25) is 5.02 Å². The molecule has 226 valence electrons. The molecule has 43 heavy (non-hydrogen) atoms. The summed E-state index contributed by atoms with van der Waals surface area (Å²) in [6, 6.07) is 6.05. The third kappa shape index (κ3) is 7.02. The average Bonchev–Trinajstić information content (AvgIpc) is 3.37. The number of rotatable bonds is 8. The van der Waals surface area contributed by atoms with Gasteiger partial charge in [0.15, 0.2) is 11.5 Å². The SMILES string of the molecule is Cc1cc(Cl)c(C(=O)CN(Cc2cc(F)cc(F)c2)C(=O)c2cnn(C3CCC(C(=O)O)CC3)c2C(F)(F)F)c(C#N)c1. The lowest BCUT2D eigenvalue weighted by Crippen LogP contribution is -2.37. The zero-order chi connectivity index (χ0) is 31.6. The second kappa shape index (κ2) is 12.5. The van der Waals surface area contributed by atoms with Crippen LogP contribution in [0.25, 0.3) is 0 Å². The van der Waals surface area contributed by atoms with E-state index in [1.165, 1.54) is 12.1 Å². The Morgan fingerprint density at radius 3 is 2.28 bits per heavy atom. The van der Waals surface area contributed by atoms with Gasteiger partial charge in [0.2, 0.25) is 0 Å².